The van der Waals surface area contributed by atoms with Crippen LogP contribution in [-0.2, 0) is 11.3 Å². The van der Waals surface area contributed by atoms with Gasteiger partial charge in [-0.25, -0.2) is 4.68 Å². The number of rotatable bonds is 6. The third kappa shape index (κ3) is 4.35. The highest BCUT2D eigenvalue weighted by Gasteiger charge is 2.25. The summed E-state index contributed by atoms with van der Waals surface area (Å²) in [6.07, 6.45) is 1.97. The predicted octanol–water partition coefficient (Wildman–Crippen LogP) is 3.67. The van der Waals surface area contributed by atoms with Crippen molar-refractivity contribution in [2.75, 3.05) is 25.9 Å². The molecule has 0 saturated carbocycles. The lowest BCUT2D eigenvalue weighted by atomic mass is 10.1. The number of carbonyl (C=O) groups is 2. The summed E-state index contributed by atoms with van der Waals surface area (Å²) in [7, 11) is 1.77. The van der Waals surface area contributed by atoms with Gasteiger partial charge in [0.25, 0.3) is 5.24 Å². The summed E-state index contributed by atoms with van der Waals surface area (Å²) in [6.45, 7) is 1.17. The Balaban J connectivity index is 1.59. The minimum Gasteiger partial charge on any atom is -0.340 e. The third-order valence-electron chi connectivity index (χ3n) is 4.86. The van der Waals surface area contributed by atoms with Crippen molar-refractivity contribution in [3.05, 3.63) is 72.4 Å². The molecule has 1 aliphatic rings. The van der Waals surface area contributed by atoms with E-state index in [4.69, 9.17) is 5.10 Å². The van der Waals surface area contributed by atoms with E-state index in [1.165, 1.54) is 11.8 Å². The van der Waals surface area contributed by atoms with E-state index < -0.39 is 0 Å². The van der Waals surface area contributed by atoms with Crippen LogP contribution in [-0.4, -0.2) is 56.6 Å². The summed E-state index contributed by atoms with van der Waals surface area (Å²) in [5.41, 5.74) is 3.77. The number of aromatic nitrogens is 2. The smallest absolute Gasteiger partial charge is 0.282 e. The maximum Gasteiger partial charge on any atom is 0.282 e. The molecule has 0 atom stereocenters. The minimum absolute atomic E-state index is 0.0198. The van der Waals surface area contributed by atoms with E-state index in [0.29, 0.717) is 13.1 Å². The van der Waals surface area contributed by atoms with Crippen LogP contribution in [0.4, 0.5) is 4.79 Å². The topological polar surface area (TPSA) is 58.4 Å². The van der Waals surface area contributed by atoms with Crippen LogP contribution in [0.25, 0.3) is 16.9 Å². The van der Waals surface area contributed by atoms with Crippen LogP contribution < -0.4 is 0 Å². The Kier molecular flexibility index (Phi) is 5.67. The fourth-order valence-electron chi connectivity index (χ4n) is 3.27. The number of carbonyl (C=O) groups excluding carboxylic acids is 2. The number of amides is 2. The molecule has 6 nitrogen and oxygen atoms in total. The molecule has 0 unspecified atom stereocenters. The first-order valence-corrected chi connectivity index (χ1v) is 10.5. The van der Waals surface area contributed by atoms with Crippen molar-refractivity contribution in [1.29, 1.82) is 0 Å². The van der Waals surface area contributed by atoms with Gasteiger partial charge in [-0.3, -0.25) is 9.59 Å². The molecule has 4 rings (SSSR count). The highest BCUT2D eigenvalue weighted by molar-refractivity contribution is 8.13. The number of para-hydroxylation sites is 1. The quantitative estimate of drug-likeness (QED) is 0.627. The van der Waals surface area contributed by atoms with Crippen molar-refractivity contribution in [3.63, 3.8) is 0 Å². The Hall–Kier alpha value is -3.06. The Morgan fingerprint density at radius 3 is 2.45 bits per heavy atom. The zero-order chi connectivity index (χ0) is 20.2. The Morgan fingerprint density at radius 2 is 1.79 bits per heavy atom. The van der Waals surface area contributed by atoms with Crippen molar-refractivity contribution < 1.29 is 9.59 Å². The van der Waals surface area contributed by atoms with Crippen LogP contribution in [0.3, 0.4) is 0 Å². The van der Waals surface area contributed by atoms with E-state index in [9.17, 15) is 9.59 Å². The third-order valence-corrected chi connectivity index (χ3v) is 5.75. The second-order valence-electron chi connectivity index (χ2n) is 6.93. The fourth-order valence-corrected chi connectivity index (χ4v) is 4.10. The summed E-state index contributed by atoms with van der Waals surface area (Å²) in [6, 6.07) is 19.9. The molecule has 0 radical (unpaired) electrons. The van der Waals surface area contributed by atoms with Gasteiger partial charge in [0.1, 0.15) is 6.54 Å². The molecule has 1 aliphatic heterocycles. The average Bonchev–Trinajstić information content (AvgIpc) is 3.35. The Labute approximate surface area is 174 Å². The molecule has 0 bridgehead atoms. The molecule has 148 valence electrons. The largest absolute Gasteiger partial charge is 0.340 e. The first-order chi connectivity index (χ1) is 14.1. The highest BCUT2D eigenvalue weighted by Crippen LogP contribution is 2.25. The van der Waals surface area contributed by atoms with Crippen LogP contribution in [0.1, 0.15) is 5.56 Å². The van der Waals surface area contributed by atoms with E-state index in [2.05, 4.69) is 0 Å². The molecule has 2 heterocycles. The van der Waals surface area contributed by atoms with E-state index in [0.717, 1.165) is 28.3 Å². The fraction of sp³-hybridized carbons (Fsp3) is 0.227. The molecule has 7 heteroatoms. The summed E-state index contributed by atoms with van der Waals surface area (Å²) in [4.78, 5) is 27.7. The summed E-state index contributed by atoms with van der Waals surface area (Å²) < 4.78 is 1.84. The summed E-state index contributed by atoms with van der Waals surface area (Å²) in [5, 5.41) is 4.77. The van der Waals surface area contributed by atoms with Gasteiger partial charge >= 0.3 is 0 Å². The van der Waals surface area contributed by atoms with Crippen molar-refractivity contribution in [1.82, 2.24) is 19.6 Å². The maximum absolute atomic E-state index is 12.7. The molecule has 2 aromatic carbocycles. The highest BCUT2D eigenvalue weighted by atomic mass is 32.2. The average molecular weight is 407 g/mol. The first kappa shape index (κ1) is 19.3. The molecular formula is C22H22N4O2S. The van der Waals surface area contributed by atoms with E-state index in [1.54, 1.807) is 16.8 Å². The summed E-state index contributed by atoms with van der Waals surface area (Å²) in [5.74, 6) is 0.671. The van der Waals surface area contributed by atoms with Crippen LogP contribution in [0.15, 0.2) is 66.9 Å². The zero-order valence-corrected chi connectivity index (χ0v) is 17.0. The maximum atomic E-state index is 12.7. The minimum atomic E-state index is -0.0766. The van der Waals surface area contributed by atoms with Gasteiger partial charge in [0.05, 0.1) is 11.4 Å². The second kappa shape index (κ2) is 8.53. The van der Waals surface area contributed by atoms with E-state index in [1.807, 2.05) is 71.5 Å². The lowest BCUT2D eigenvalue weighted by Gasteiger charge is -2.21. The van der Waals surface area contributed by atoms with E-state index in [-0.39, 0.29) is 17.7 Å². The zero-order valence-electron chi connectivity index (χ0n) is 16.2. The predicted molar refractivity (Wildman–Crippen MR) is 115 cm³/mol. The molecule has 29 heavy (non-hydrogen) atoms. The number of hydrogen-bond acceptors (Lipinski definition) is 4. The van der Waals surface area contributed by atoms with Crippen LogP contribution in [0.5, 0.6) is 0 Å². The first-order valence-electron chi connectivity index (χ1n) is 9.47. The number of benzene rings is 2. The Bertz CT molecular complexity index is 1000. The number of thioether (sulfide) groups is 1. The molecule has 1 saturated heterocycles. The van der Waals surface area contributed by atoms with Crippen LogP contribution in [0, 0.1) is 0 Å². The normalized spacial score (nSPS) is 13.7. The number of likely N-dealkylation sites (N-methyl/N-ethyl adjacent to an activating group) is 1. The second-order valence-corrected chi connectivity index (χ2v) is 7.98. The molecule has 1 aromatic heterocycles. The lowest BCUT2D eigenvalue weighted by Crippen LogP contribution is -2.38. The molecular weight excluding hydrogens is 384 g/mol. The van der Waals surface area contributed by atoms with Gasteiger partial charge in [-0.15, -0.1) is 0 Å². The van der Waals surface area contributed by atoms with Crippen molar-refractivity contribution >= 4 is 22.9 Å². The monoisotopic (exact) mass is 406 g/mol. The summed E-state index contributed by atoms with van der Waals surface area (Å²) >= 11 is 1.27. The molecule has 2 amide bonds. The molecule has 0 N–H and O–H groups in total. The van der Waals surface area contributed by atoms with Crippen LogP contribution >= 0.6 is 11.8 Å². The van der Waals surface area contributed by atoms with Crippen molar-refractivity contribution in [2.45, 2.75) is 6.54 Å². The number of nitrogens with zero attached hydrogens (tertiary/aromatic N) is 4. The van der Waals surface area contributed by atoms with Crippen LogP contribution in [0.2, 0.25) is 0 Å². The van der Waals surface area contributed by atoms with Gasteiger partial charge in [0.15, 0.2) is 0 Å². The standard InChI is InChI=1S/C22H22N4O2S/c1-24(20(27)16-25-12-13-29-22(25)28)14-18-15-26(19-10-6-3-7-11-19)23-21(18)17-8-4-2-5-9-17/h2-11,15H,12-14,16H2,1H3. The molecule has 3 aromatic rings. The van der Waals surface area contributed by atoms with Gasteiger partial charge in [0, 0.05) is 43.2 Å². The SMILES string of the molecule is CN(Cc1cn(-c2ccccc2)nc1-c1ccccc1)C(=O)CN1CCSC1=O. The number of hydrogen-bond donors (Lipinski definition) is 0. The van der Waals surface area contributed by atoms with Gasteiger partial charge in [-0.2, -0.15) is 5.10 Å². The van der Waals surface area contributed by atoms with E-state index >= 15 is 0 Å². The Morgan fingerprint density at radius 1 is 1.10 bits per heavy atom. The van der Waals surface area contributed by atoms with Gasteiger partial charge < -0.3 is 9.80 Å². The lowest BCUT2D eigenvalue weighted by molar-refractivity contribution is -0.130. The molecule has 0 aliphatic carbocycles. The van der Waals surface area contributed by atoms with Gasteiger partial charge in [0.2, 0.25) is 5.91 Å². The van der Waals surface area contributed by atoms with Crippen molar-refractivity contribution in [3.8, 4) is 16.9 Å². The van der Waals surface area contributed by atoms with Gasteiger partial charge in [-0.1, -0.05) is 60.3 Å². The van der Waals surface area contributed by atoms with Crippen molar-refractivity contribution in [2.24, 2.45) is 0 Å². The molecule has 0 spiro atoms. The van der Waals surface area contributed by atoms with Gasteiger partial charge in [-0.05, 0) is 12.1 Å². The molecule has 1 fully saturated rings.